The number of methoxy groups -OCH3 is 1. The van der Waals surface area contributed by atoms with Crippen LogP contribution in [0.4, 0.5) is 0 Å². The van der Waals surface area contributed by atoms with Gasteiger partial charge >= 0.3 is 5.97 Å². The Balaban J connectivity index is 3.65. The molecule has 0 bridgehead atoms. The van der Waals surface area contributed by atoms with Crippen molar-refractivity contribution in [1.29, 1.82) is 0 Å². The van der Waals surface area contributed by atoms with E-state index in [0.29, 0.717) is 11.3 Å². The van der Waals surface area contributed by atoms with Crippen molar-refractivity contribution in [2.45, 2.75) is 28.2 Å². The summed E-state index contributed by atoms with van der Waals surface area (Å²) < 4.78 is 51.7. The van der Waals surface area contributed by atoms with Gasteiger partial charge in [0.15, 0.2) is 19.7 Å². The number of sulfone groups is 2. The number of rotatable bonds is 4. The van der Waals surface area contributed by atoms with Crippen molar-refractivity contribution in [2.24, 2.45) is 0 Å². The highest BCUT2D eigenvalue weighted by atomic mass is 32.2. The molecule has 1 aromatic rings. The molecule has 0 atom stereocenters. The van der Waals surface area contributed by atoms with Gasteiger partial charge in [-0.3, -0.25) is 0 Å². The Morgan fingerprint density at radius 3 is 2.16 bits per heavy atom. The van der Waals surface area contributed by atoms with E-state index < -0.39 is 30.9 Å². The highest BCUT2D eigenvalue weighted by molar-refractivity contribution is 7.95. The second-order valence-corrected chi connectivity index (χ2v) is 9.86. The van der Waals surface area contributed by atoms with Gasteiger partial charge in [-0.1, -0.05) is 0 Å². The van der Waals surface area contributed by atoms with Crippen LogP contribution in [0.15, 0.2) is 15.2 Å². The van der Waals surface area contributed by atoms with Crippen LogP contribution in [-0.4, -0.2) is 41.4 Å². The minimum absolute atomic E-state index is 0.0536. The molecule has 0 aliphatic heterocycles. The minimum Gasteiger partial charge on any atom is -0.465 e. The summed E-state index contributed by atoms with van der Waals surface area (Å²) in [6.07, 6.45) is 0.902. The van der Waals surface area contributed by atoms with E-state index in [1.807, 2.05) is 0 Å². The van der Waals surface area contributed by atoms with Crippen LogP contribution < -0.4 is 0 Å². The molecule has 1 heterocycles. The van der Waals surface area contributed by atoms with Crippen molar-refractivity contribution in [3.05, 3.63) is 10.9 Å². The SMILES string of the molecule is COC(=O)c1cc(S(=O)(=O)C(C)C)c(S(C)(=O)=O)s1. The summed E-state index contributed by atoms with van der Waals surface area (Å²) in [7, 11) is -6.39. The third kappa shape index (κ3) is 3.15. The Bertz CT molecular complexity index is 694. The van der Waals surface area contributed by atoms with E-state index in [9.17, 15) is 21.6 Å². The van der Waals surface area contributed by atoms with Crippen molar-refractivity contribution in [3.63, 3.8) is 0 Å². The van der Waals surface area contributed by atoms with Crippen molar-refractivity contribution in [3.8, 4) is 0 Å². The second kappa shape index (κ2) is 5.22. The number of hydrogen-bond donors (Lipinski definition) is 0. The summed E-state index contributed by atoms with van der Waals surface area (Å²) in [6, 6.07) is 1.06. The molecule has 0 radical (unpaired) electrons. The van der Waals surface area contributed by atoms with Gasteiger partial charge in [-0.25, -0.2) is 21.6 Å². The zero-order valence-corrected chi connectivity index (χ0v) is 13.3. The smallest absolute Gasteiger partial charge is 0.348 e. The van der Waals surface area contributed by atoms with Crippen molar-refractivity contribution in [1.82, 2.24) is 0 Å². The van der Waals surface area contributed by atoms with Gasteiger partial charge in [0, 0.05) is 6.26 Å². The average molecular weight is 326 g/mol. The predicted molar refractivity (Wildman–Crippen MR) is 71.1 cm³/mol. The molecule has 108 valence electrons. The summed E-state index contributed by atoms with van der Waals surface area (Å²) in [5.74, 6) is -0.764. The number of carbonyl (C=O) groups is 1. The van der Waals surface area contributed by atoms with Crippen LogP contribution in [0.5, 0.6) is 0 Å². The predicted octanol–water partition coefficient (Wildman–Crippen LogP) is 1.12. The summed E-state index contributed by atoms with van der Waals surface area (Å²) >= 11 is 0.602. The molecule has 0 aromatic carbocycles. The molecular weight excluding hydrogens is 312 g/mol. The van der Waals surface area contributed by atoms with E-state index in [1.165, 1.54) is 13.8 Å². The fourth-order valence-electron chi connectivity index (χ4n) is 1.27. The van der Waals surface area contributed by atoms with Gasteiger partial charge in [0.05, 0.1) is 17.3 Å². The lowest BCUT2D eigenvalue weighted by molar-refractivity contribution is 0.0606. The first-order valence-electron chi connectivity index (χ1n) is 5.18. The van der Waals surface area contributed by atoms with Gasteiger partial charge in [-0.2, -0.15) is 0 Å². The summed E-state index contributed by atoms with van der Waals surface area (Å²) in [5, 5.41) is -0.784. The van der Waals surface area contributed by atoms with E-state index in [-0.39, 0.29) is 14.0 Å². The zero-order chi connectivity index (χ0) is 15.0. The number of hydrogen-bond acceptors (Lipinski definition) is 7. The third-order valence-electron chi connectivity index (χ3n) is 2.32. The van der Waals surface area contributed by atoms with Crippen molar-refractivity contribution >= 4 is 37.0 Å². The van der Waals surface area contributed by atoms with E-state index in [4.69, 9.17) is 0 Å². The van der Waals surface area contributed by atoms with Crippen LogP contribution >= 0.6 is 11.3 Å². The fourth-order valence-corrected chi connectivity index (χ4v) is 5.64. The number of ether oxygens (including phenoxy) is 1. The van der Waals surface area contributed by atoms with E-state index >= 15 is 0 Å². The maximum absolute atomic E-state index is 12.1. The van der Waals surface area contributed by atoms with Crippen LogP contribution in [-0.2, 0) is 24.4 Å². The molecular formula is C10H14O6S3. The normalized spacial score (nSPS) is 12.7. The number of carbonyl (C=O) groups excluding carboxylic acids is 1. The maximum Gasteiger partial charge on any atom is 0.348 e. The Labute approximate surface area is 116 Å². The number of esters is 1. The first-order chi connectivity index (χ1) is 8.51. The first kappa shape index (κ1) is 16.1. The van der Waals surface area contributed by atoms with Crippen LogP contribution in [0.2, 0.25) is 0 Å². The molecule has 0 aliphatic rings. The summed E-state index contributed by atoms with van der Waals surface area (Å²) in [6.45, 7) is 2.88. The average Bonchev–Trinajstić information content (AvgIpc) is 2.72. The maximum atomic E-state index is 12.1. The molecule has 1 rings (SSSR count). The molecule has 0 aliphatic carbocycles. The van der Waals surface area contributed by atoms with Crippen molar-refractivity contribution in [2.75, 3.05) is 13.4 Å². The first-order valence-corrected chi connectivity index (χ1v) is 9.43. The van der Waals surface area contributed by atoms with Crippen LogP contribution in [0.3, 0.4) is 0 Å². The zero-order valence-electron chi connectivity index (χ0n) is 10.8. The highest BCUT2D eigenvalue weighted by Crippen LogP contribution is 2.33. The highest BCUT2D eigenvalue weighted by Gasteiger charge is 2.31. The summed E-state index contributed by atoms with van der Waals surface area (Å²) in [5.41, 5.74) is 0. The van der Waals surface area contributed by atoms with Crippen LogP contribution in [0.1, 0.15) is 23.5 Å². The van der Waals surface area contributed by atoms with Crippen LogP contribution in [0, 0.1) is 0 Å². The van der Waals surface area contributed by atoms with Gasteiger partial charge in [0.2, 0.25) is 0 Å². The fraction of sp³-hybridized carbons (Fsp3) is 0.500. The minimum atomic E-state index is -3.79. The summed E-state index contributed by atoms with van der Waals surface area (Å²) in [4.78, 5) is 11.0. The van der Waals surface area contributed by atoms with E-state index in [0.717, 1.165) is 19.4 Å². The lowest BCUT2D eigenvalue weighted by Crippen LogP contribution is -2.15. The molecule has 0 unspecified atom stereocenters. The Hall–Kier alpha value is -0.930. The molecule has 9 heteroatoms. The molecule has 1 aromatic heterocycles. The Kier molecular flexibility index (Phi) is 4.43. The Morgan fingerprint density at radius 2 is 1.79 bits per heavy atom. The van der Waals surface area contributed by atoms with Gasteiger partial charge in [-0.05, 0) is 19.9 Å². The van der Waals surface area contributed by atoms with E-state index in [1.54, 1.807) is 0 Å². The quantitative estimate of drug-likeness (QED) is 0.770. The molecule has 0 spiro atoms. The second-order valence-electron chi connectivity index (χ2n) is 4.12. The van der Waals surface area contributed by atoms with Gasteiger partial charge in [0.1, 0.15) is 9.09 Å². The lowest BCUT2D eigenvalue weighted by atomic mass is 10.5. The monoisotopic (exact) mass is 326 g/mol. The molecule has 6 nitrogen and oxygen atoms in total. The van der Waals surface area contributed by atoms with E-state index in [2.05, 4.69) is 4.74 Å². The van der Waals surface area contributed by atoms with Gasteiger partial charge < -0.3 is 4.74 Å². The van der Waals surface area contributed by atoms with Crippen molar-refractivity contribution < 1.29 is 26.4 Å². The van der Waals surface area contributed by atoms with Gasteiger partial charge in [-0.15, -0.1) is 11.3 Å². The molecule has 0 amide bonds. The third-order valence-corrected chi connectivity index (χ3v) is 7.71. The molecule has 0 saturated carbocycles. The van der Waals surface area contributed by atoms with Gasteiger partial charge in [0.25, 0.3) is 0 Å². The standard InChI is InChI=1S/C10H14O6S3/c1-6(2)19(14,15)8-5-7(9(11)16-3)17-10(8)18(4,12)13/h5-6H,1-4H3. The molecule has 0 saturated heterocycles. The number of thiophene rings is 1. The molecule has 0 fully saturated rings. The van der Waals surface area contributed by atoms with Crippen LogP contribution in [0.25, 0.3) is 0 Å². The lowest BCUT2D eigenvalue weighted by Gasteiger charge is -2.07. The largest absolute Gasteiger partial charge is 0.465 e. The Morgan fingerprint density at radius 1 is 1.26 bits per heavy atom. The molecule has 19 heavy (non-hydrogen) atoms. The molecule has 0 N–H and O–H groups in total. The topological polar surface area (TPSA) is 94.6 Å².